The molecule has 1 atom stereocenters. The van der Waals surface area contributed by atoms with Crippen LogP contribution in [0.15, 0.2) is 23.4 Å². The number of fused-ring (bicyclic) bond motifs is 1. The van der Waals surface area contributed by atoms with Gasteiger partial charge in [0.05, 0.1) is 6.42 Å². The number of nitrogens with two attached hydrogens (primary N) is 1. The minimum Gasteiger partial charge on any atom is -0.326 e. The molecule has 1 amide bonds. The average Bonchev–Trinajstić information content (AvgIpc) is 2.26. The van der Waals surface area contributed by atoms with E-state index in [0.717, 1.165) is 17.7 Å². The third-order valence-electron chi connectivity index (χ3n) is 2.22. The van der Waals surface area contributed by atoms with Crippen molar-refractivity contribution < 1.29 is 4.79 Å². The lowest BCUT2D eigenvalue weighted by molar-refractivity contribution is -0.118. The standard InChI is InChI=1S/C9H12N2O/c1-9(10)3-2-7-6(5-9)4-8(12)11-7/h2,5H,3-4,10H2,1H3,(H,11,12). The number of amides is 1. The summed E-state index contributed by atoms with van der Waals surface area (Å²) in [6.07, 6.45) is 5.27. The largest absolute Gasteiger partial charge is 0.326 e. The van der Waals surface area contributed by atoms with Crippen molar-refractivity contribution in [1.82, 2.24) is 5.32 Å². The zero-order chi connectivity index (χ0) is 8.77. The van der Waals surface area contributed by atoms with E-state index in [4.69, 9.17) is 5.73 Å². The molecule has 3 N–H and O–H groups in total. The molecule has 0 saturated carbocycles. The summed E-state index contributed by atoms with van der Waals surface area (Å²) in [5, 5.41) is 2.79. The van der Waals surface area contributed by atoms with Gasteiger partial charge in [-0.1, -0.05) is 12.2 Å². The van der Waals surface area contributed by atoms with Crippen LogP contribution in [0.2, 0.25) is 0 Å². The SMILES string of the molecule is CC1(N)C=C2CC(=O)NC2=CC1. The molecule has 3 nitrogen and oxygen atoms in total. The van der Waals surface area contributed by atoms with Crippen molar-refractivity contribution in [3.8, 4) is 0 Å². The fourth-order valence-corrected chi connectivity index (χ4v) is 1.63. The number of rotatable bonds is 0. The molecule has 0 aromatic carbocycles. The van der Waals surface area contributed by atoms with Gasteiger partial charge in [-0.05, 0) is 18.9 Å². The molecular formula is C9H12N2O. The van der Waals surface area contributed by atoms with Gasteiger partial charge < -0.3 is 11.1 Å². The minimum absolute atomic E-state index is 0.0743. The van der Waals surface area contributed by atoms with Crippen LogP contribution in [0.25, 0.3) is 0 Å². The fourth-order valence-electron chi connectivity index (χ4n) is 1.63. The highest BCUT2D eigenvalue weighted by atomic mass is 16.1. The van der Waals surface area contributed by atoms with Crippen LogP contribution in [0.4, 0.5) is 0 Å². The van der Waals surface area contributed by atoms with E-state index in [1.807, 2.05) is 19.1 Å². The number of hydrogen-bond acceptors (Lipinski definition) is 2. The van der Waals surface area contributed by atoms with Gasteiger partial charge in [0.15, 0.2) is 0 Å². The quantitative estimate of drug-likeness (QED) is 0.545. The van der Waals surface area contributed by atoms with E-state index in [0.29, 0.717) is 6.42 Å². The van der Waals surface area contributed by atoms with Crippen LogP contribution in [0.3, 0.4) is 0 Å². The predicted molar refractivity (Wildman–Crippen MR) is 46.1 cm³/mol. The van der Waals surface area contributed by atoms with Gasteiger partial charge in [-0.25, -0.2) is 0 Å². The summed E-state index contributed by atoms with van der Waals surface area (Å²) in [6.45, 7) is 1.97. The number of hydrogen-bond donors (Lipinski definition) is 2. The molecule has 2 aliphatic rings. The number of carbonyl (C=O) groups is 1. The van der Waals surface area contributed by atoms with Crippen LogP contribution in [-0.2, 0) is 4.79 Å². The normalized spacial score (nSPS) is 33.7. The van der Waals surface area contributed by atoms with Crippen molar-refractivity contribution in [3.05, 3.63) is 23.4 Å². The Hall–Kier alpha value is -1.09. The highest BCUT2D eigenvalue weighted by molar-refractivity contribution is 5.87. The lowest BCUT2D eigenvalue weighted by Gasteiger charge is -2.23. The van der Waals surface area contributed by atoms with Crippen molar-refractivity contribution in [2.24, 2.45) is 5.73 Å². The lowest BCUT2D eigenvalue weighted by atomic mass is 9.89. The molecule has 64 valence electrons. The van der Waals surface area contributed by atoms with Crippen LogP contribution in [0.5, 0.6) is 0 Å². The highest BCUT2D eigenvalue weighted by Crippen LogP contribution is 2.28. The zero-order valence-corrected chi connectivity index (χ0v) is 7.05. The van der Waals surface area contributed by atoms with E-state index in [1.54, 1.807) is 0 Å². The molecule has 1 saturated heterocycles. The summed E-state index contributed by atoms with van der Waals surface area (Å²) in [7, 11) is 0. The Morgan fingerprint density at radius 1 is 1.67 bits per heavy atom. The monoisotopic (exact) mass is 164 g/mol. The van der Waals surface area contributed by atoms with Gasteiger partial charge in [-0.2, -0.15) is 0 Å². The Kier molecular flexibility index (Phi) is 1.38. The van der Waals surface area contributed by atoms with Crippen LogP contribution in [0.1, 0.15) is 19.8 Å². The van der Waals surface area contributed by atoms with Crippen LogP contribution in [-0.4, -0.2) is 11.4 Å². The lowest BCUT2D eigenvalue weighted by Crippen LogP contribution is -2.35. The Morgan fingerprint density at radius 3 is 3.17 bits per heavy atom. The molecule has 0 aromatic heterocycles. The van der Waals surface area contributed by atoms with E-state index >= 15 is 0 Å². The first-order valence-corrected chi connectivity index (χ1v) is 4.08. The second-order valence-electron chi connectivity index (χ2n) is 3.72. The van der Waals surface area contributed by atoms with Crippen molar-refractivity contribution >= 4 is 5.91 Å². The molecule has 2 rings (SSSR count). The van der Waals surface area contributed by atoms with E-state index < -0.39 is 0 Å². The van der Waals surface area contributed by atoms with Crippen LogP contribution < -0.4 is 11.1 Å². The first-order chi connectivity index (χ1) is 5.57. The van der Waals surface area contributed by atoms with Gasteiger partial charge in [0.25, 0.3) is 0 Å². The molecule has 1 unspecified atom stereocenters. The fraction of sp³-hybridized carbons (Fsp3) is 0.444. The predicted octanol–water partition coefficient (Wildman–Crippen LogP) is 0.438. The van der Waals surface area contributed by atoms with Crippen LogP contribution >= 0.6 is 0 Å². The molecule has 1 aliphatic heterocycles. The van der Waals surface area contributed by atoms with E-state index in [2.05, 4.69) is 5.32 Å². The van der Waals surface area contributed by atoms with Gasteiger partial charge >= 0.3 is 0 Å². The van der Waals surface area contributed by atoms with Crippen LogP contribution in [0, 0.1) is 0 Å². The third-order valence-corrected chi connectivity index (χ3v) is 2.22. The molecule has 0 radical (unpaired) electrons. The van der Waals surface area contributed by atoms with Gasteiger partial charge in [0.1, 0.15) is 0 Å². The average molecular weight is 164 g/mol. The Balaban J connectivity index is 2.34. The Labute approximate surface area is 71.3 Å². The second-order valence-corrected chi connectivity index (χ2v) is 3.72. The van der Waals surface area contributed by atoms with Gasteiger partial charge in [0, 0.05) is 11.2 Å². The van der Waals surface area contributed by atoms with E-state index in [1.165, 1.54) is 0 Å². The van der Waals surface area contributed by atoms with Crippen molar-refractivity contribution in [3.63, 3.8) is 0 Å². The van der Waals surface area contributed by atoms with Crippen molar-refractivity contribution in [2.45, 2.75) is 25.3 Å². The molecule has 1 aliphatic carbocycles. The third kappa shape index (κ3) is 1.16. The van der Waals surface area contributed by atoms with Crippen molar-refractivity contribution in [2.75, 3.05) is 0 Å². The van der Waals surface area contributed by atoms with Gasteiger partial charge in [-0.15, -0.1) is 0 Å². The first-order valence-electron chi connectivity index (χ1n) is 4.08. The summed E-state index contributed by atoms with van der Waals surface area (Å²) in [6, 6.07) is 0. The summed E-state index contributed by atoms with van der Waals surface area (Å²) < 4.78 is 0. The van der Waals surface area contributed by atoms with E-state index in [9.17, 15) is 4.79 Å². The maximum Gasteiger partial charge on any atom is 0.228 e. The molecule has 1 fully saturated rings. The highest BCUT2D eigenvalue weighted by Gasteiger charge is 2.28. The molecular weight excluding hydrogens is 152 g/mol. The number of carbonyl (C=O) groups excluding carboxylic acids is 1. The maximum atomic E-state index is 11.0. The topological polar surface area (TPSA) is 55.1 Å². The number of nitrogens with one attached hydrogen (secondary N) is 1. The summed E-state index contributed by atoms with van der Waals surface area (Å²) in [4.78, 5) is 11.0. The van der Waals surface area contributed by atoms with Crippen molar-refractivity contribution in [1.29, 1.82) is 0 Å². The summed E-state index contributed by atoms with van der Waals surface area (Å²) in [5.41, 5.74) is 7.66. The Morgan fingerprint density at radius 2 is 2.42 bits per heavy atom. The molecule has 1 heterocycles. The molecule has 0 bridgehead atoms. The minimum atomic E-state index is -0.273. The van der Waals surface area contributed by atoms with E-state index in [-0.39, 0.29) is 11.4 Å². The van der Waals surface area contributed by atoms with Gasteiger partial charge in [-0.3, -0.25) is 4.79 Å². The smallest absolute Gasteiger partial charge is 0.228 e. The zero-order valence-electron chi connectivity index (χ0n) is 7.05. The maximum absolute atomic E-state index is 11.0. The Bertz CT molecular complexity index is 300. The summed E-state index contributed by atoms with van der Waals surface area (Å²) >= 11 is 0. The molecule has 12 heavy (non-hydrogen) atoms. The molecule has 0 spiro atoms. The summed E-state index contributed by atoms with van der Waals surface area (Å²) in [5.74, 6) is 0.0743. The second kappa shape index (κ2) is 2.20. The first kappa shape index (κ1) is 7.55. The molecule has 3 heteroatoms. The molecule has 0 aromatic rings. The van der Waals surface area contributed by atoms with Gasteiger partial charge in [0.2, 0.25) is 5.91 Å². The number of allylic oxidation sites excluding steroid dienone is 1.